The number of hydrogen-bond acceptors (Lipinski definition) is 4. The first-order valence-electron chi connectivity index (χ1n) is 8.15. The second kappa shape index (κ2) is 7.74. The van der Waals surface area contributed by atoms with E-state index in [4.69, 9.17) is 14.2 Å². The maximum Gasteiger partial charge on any atom is 0.180 e. The number of hydrogen-bond donors (Lipinski definition) is 0. The smallest absolute Gasteiger partial charge is 0.180 e. The highest BCUT2D eigenvalue weighted by Crippen LogP contribution is 2.26. The number of ether oxygens (including phenoxy) is 3. The summed E-state index contributed by atoms with van der Waals surface area (Å²) >= 11 is 0. The lowest BCUT2D eigenvalue weighted by Crippen LogP contribution is -2.51. The molecule has 0 aliphatic carbocycles. The number of nitrogens with zero attached hydrogens (tertiary/aromatic N) is 1. The lowest BCUT2D eigenvalue weighted by Gasteiger charge is -2.41. The van der Waals surface area contributed by atoms with E-state index in [1.165, 1.54) is 25.9 Å². The molecule has 0 amide bonds. The largest absolute Gasteiger partial charge is 0.374 e. The second-order valence-electron chi connectivity index (χ2n) is 6.75. The second-order valence-corrected chi connectivity index (χ2v) is 6.75. The fourth-order valence-electron chi connectivity index (χ4n) is 3.06. The van der Waals surface area contributed by atoms with Crippen molar-refractivity contribution in [1.29, 1.82) is 0 Å². The van der Waals surface area contributed by atoms with E-state index in [1.54, 1.807) is 0 Å². The van der Waals surface area contributed by atoms with Crippen LogP contribution in [0.3, 0.4) is 0 Å². The third kappa shape index (κ3) is 4.69. The van der Waals surface area contributed by atoms with E-state index in [-0.39, 0.29) is 12.4 Å². The van der Waals surface area contributed by atoms with E-state index in [2.05, 4.69) is 18.7 Å². The molecule has 0 N–H and O–H groups in total. The lowest BCUT2D eigenvalue weighted by atomic mass is 9.86. The molecule has 118 valence electrons. The normalized spacial score (nSPS) is 30.3. The van der Waals surface area contributed by atoms with Crippen molar-refractivity contribution in [2.45, 2.75) is 59.0 Å². The van der Waals surface area contributed by atoms with Crippen molar-refractivity contribution >= 4 is 0 Å². The molecule has 2 rings (SSSR count). The Labute approximate surface area is 123 Å². The predicted molar refractivity (Wildman–Crippen MR) is 79.7 cm³/mol. The third-order valence-electron chi connectivity index (χ3n) is 4.55. The Hall–Kier alpha value is -0.160. The van der Waals surface area contributed by atoms with Crippen LogP contribution in [-0.2, 0) is 14.2 Å². The first-order chi connectivity index (χ1) is 9.56. The molecule has 0 aromatic heterocycles. The van der Waals surface area contributed by atoms with Gasteiger partial charge in [0.2, 0.25) is 0 Å². The Bertz CT molecular complexity index is 267. The molecule has 0 aromatic carbocycles. The highest BCUT2D eigenvalue weighted by atomic mass is 16.7. The van der Waals surface area contributed by atoms with Crippen molar-refractivity contribution in [3.8, 4) is 0 Å². The molecule has 0 spiro atoms. The zero-order valence-electron chi connectivity index (χ0n) is 13.5. The van der Waals surface area contributed by atoms with Crippen molar-refractivity contribution in [3.05, 3.63) is 0 Å². The summed E-state index contributed by atoms with van der Waals surface area (Å²) in [5.41, 5.74) is 0. The summed E-state index contributed by atoms with van der Waals surface area (Å²) in [7, 11) is 0. The van der Waals surface area contributed by atoms with Gasteiger partial charge in [0, 0.05) is 0 Å². The topological polar surface area (TPSA) is 30.9 Å². The number of likely N-dealkylation sites (tertiary alicyclic amines) is 1. The molecule has 2 heterocycles. The van der Waals surface area contributed by atoms with Gasteiger partial charge in [0.05, 0.1) is 32.0 Å². The van der Waals surface area contributed by atoms with Crippen LogP contribution >= 0.6 is 0 Å². The summed E-state index contributed by atoms with van der Waals surface area (Å²) in [6.45, 7) is 13.2. The van der Waals surface area contributed by atoms with Crippen LogP contribution < -0.4 is 0 Å². The summed E-state index contributed by atoms with van der Waals surface area (Å²) < 4.78 is 17.1. The third-order valence-corrected chi connectivity index (χ3v) is 4.55. The monoisotopic (exact) mass is 285 g/mol. The molecule has 0 bridgehead atoms. The van der Waals surface area contributed by atoms with Crippen LogP contribution in [0.2, 0.25) is 0 Å². The fraction of sp³-hybridized carbons (Fsp3) is 1.00. The molecule has 0 unspecified atom stereocenters. The average molecular weight is 285 g/mol. The van der Waals surface area contributed by atoms with Gasteiger partial charge in [0.1, 0.15) is 0 Å². The number of piperidine rings is 1. The molecule has 2 aliphatic rings. The molecule has 2 saturated heterocycles. The summed E-state index contributed by atoms with van der Waals surface area (Å²) in [6, 6.07) is 0.429. The lowest BCUT2D eigenvalue weighted by molar-refractivity contribution is -0.229. The minimum absolute atomic E-state index is 0.179. The first-order valence-corrected chi connectivity index (χ1v) is 8.15. The molecule has 0 saturated carbocycles. The standard InChI is InChI=1S/C16H31NO3/c1-12(2)14-5-7-17(8-6-14)15-9-19-16(20-10-15)11-18-13(3)4/h12-16H,5-11H2,1-4H3. The Balaban J connectivity index is 1.67. The Morgan fingerprint density at radius 3 is 2.15 bits per heavy atom. The average Bonchev–Trinajstić information content (AvgIpc) is 2.46. The molecular weight excluding hydrogens is 254 g/mol. The van der Waals surface area contributed by atoms with Crippen LogP contribution in [-0.4, -0.2) is 56.2 Å². The van der Waals surface area contributed by atoms with Gasteiger partial charge in [0.25, 0.3) is 0 Å². The zero-order chi connectivity index (χ0) is 14.5. The fourth-order valence-corrected chi connectivity index (χ4v) is 3.06. The summed E-state index contributed by atoms with van der Waals surface area (Å²) in [4.78, 5) is 2.54. The van der Waals surface area contributed by atoms with E-state index in [9.17, 15) is 0 Å². The molecule has 0 atom stereocenters. The van der Waals surface area contributed by atoms with Crippen molar-refractivity contribution in [2.75, 3.05) is 32.9 Å². The molecule has 0 aromatic rings. The van der Waals surface area contributed by atoms with Gasteiger partial charge in [0.15, 0.2) is 6.29 Å². The van der Waals surface area contributed by atoms with Crippen LogP contribution in [0.4, 0.5) is 0 Å². The van der Waals surface area contributed by atoms with Gasteiger partial charge in [-0.15, -0.1) is 0 Å². The van der Waals surface area contributed by atoms with Gasteiger partial charge in [-0.2, -0.15) is 0 Å². The van der Waals surface area contributed by atoms with Crippen LogP contribution in [0, 0.1) is 11.8 Å². The maximum atomic E-state index is 5.78. The van der Waals surface area contributed by atoms with Gasteiger partial charge >= 0.3 is 0 Å². The molecule has 0 radical (unpaired) electrons. The van der Waals surface area contributed by atoms with Crippen molar-refractivity contribution in [3.63, 3.8) is 0 Å². The summed E-state index contributed by atoms with van der Waals surface area (Å²) in [5.74, 6) is 1.71. The van der Waals surface area contributed by atoms with Crippen LogP contribution in [0.25, 0.3) is 0 Å². The van der Waals surface area contributed by atoms with Gasteiger partial charge in [-0.25, -0.2) is 0 Å². The Morgan fingerprint density at radius 2 is 1.65 bits per heavy atom. The molecule has 20 heavy (non-hydrogen) atoms. The maximum absolute atomic E-state index is 5.78. The predicted octanol–water partition coefficient (Wildman–Crippen LogP) is 2.52. The van der Waals surface area contributed by atoms with Crippen molar-refractivity contribution in [2.24, 2.45) is 11.8 Å². The molecular formula is C16H31NO3. The quantitative estimate of drug-likeness (QED) is 0.776. The SMILES string of the molecule is CC(C)OCC1OCC(N2CCC(C(C)C)CC2)CO1. The zero-order valence-corrected chi connectivity index (χ0v) is 13.5. The van der Waals surface area contributed by atoms with E-state index in [1.807, 2.05) is 13.8 Å². The molecule has 4 nitrogen and oxygen atoms in total. The van der Waals surface area contributed by atoms with Crippen LogP contribution in [0.15, 0.2) is 0 Å². The number of rotatable bonds is 5. The van der Waals surface area contributed by atoms with Gasteiger partial charge < -0.3 is 14.2 Å². The van der Waals surface area contributed by atoms with Gasteiger partial charge in [-0.05, 0) is 51.6 Å². The van der Waals surface area contributed by atoms with E-state index < -0.39 is 0 Å². The summed E-state index contributed by atoms with van der Waals surface area (Å²) in [5, 5.41) is 0. The molecule has 2 aliphatic heterocycles. The van der Waals surface area contributed by atoms with Crippen molar-refractivity contribution < 1.29 is 14.2 Å². The minimum Gasteiger partial charge on any atom is -0.374 e. The van der Waals surface area contributed by atoms with Crippen LogP contribution in [0.5, 0.6) is 0 Å². The Kier molecular flexibility index (Phi) is 6.27. The van der Waals surface area contributed by atoms with Crippen LogP contribution in [0.1, 0.15) is 40.5 Å². The Morgan fingerprint density at radius 1 is 1.05 bits per heavy atom. The van der Waals surface area contributed by atoms with Gasteiger partial charge in [-0.3, -0.25) is 4.90 Å². The first kappa shape index (κ1) is 16.2. The minimum atomic E-state index is -0.179. The van der Waals surface area contributed by atoms with Gasteiger partial charge in [-0.1, -0.05) is 13.8 Å². The summed E-state index contributed by atoms with van der Waals surface area (Å²) in [6.07, 6.45) is 2.68. The highest BCUT2D eigenvalue weighted by Gasteiger charge is 2.30. The molecule has 2 fully saturated rings. The van der Waals surface area contributed by atoms with E-state index >= 15 is 0 Å². The highest BCUT2D eigenvalue weighted by molar-refractivity contribution is 4.81. The van der Waals surface area contributed by atoms with Crippen molar-refractivity contribution in [1.82, 2.24) is 4.90 Å². The van der Waals surface area contributed by atoms with E-state index in [0.717, 1.165) is 25.0 Å². The van der Waals surface area contributed by atoms with E-state index in [0.29, 0.717) is 12.6 Å². The molecule has 4 heteroatoms.